The predicted octanol–water partition coefficient (Wildman–Crippen LogP) is 2.82. The van der Waals surface area contributed by atoms with Gasteiger partial charge in [-0.1, -0.05) is 12.1 Å². The first-order chi connectivity index (χ1) is 12.2. The highest BCUT2D eigenvalue weighted by atomic mass is 32.1. The fraction of sp³-hybridized carbons (Fsp3) is 0.368. The lowest BCUT2D eigenvalue weighted by atomic mass is 9.99. The van der Waals surface area contributed by atoms with Crippen LogP contribution in [0.1, 0.15) is 38.5 Å². The van der Waals surface area contributed by atoms with Crippen molar-refractivity contribution >= 4 is 29.1 Å². The van der Waals surface area contributed by atoms with Crippen LogP contribution >= 0.6 is 11.3 Å². The maximum Gasteiger partial charge on any atom is 0.281 e. The van der Waals surface area contributed by atoms with E-state index in [0.717, 1.165) is 29.0 Å². The Balaban J connectivity index is 1.57. The molecule has 0 atom stereocenters. The van der Waals surface area contributed by atoms with Gasteiger partial charge in [-0.3, -0.25) is 4.79 Å². The molecule has 0 aliphatic heterocycles. The molecule has 0 fully saturated rings. The van der Waals surface area contributed by atoms with Crippen molar-refractivity contribution in [1.82, 2.24) is 5.43 Å². The molecule has 2 aromatic rings. The molecule has 0 unspecified atom stereocenters. The van der Waals surface area contributed by atoms with E-state index in [0.29, 0.717) is 6.54 Å². The number of amides is 1. The lowest BCUT2D eigenvalue weighted by Crippen LogP contribution is -2.20. The molecule has 0 saturated carbocycles. The smallest absolute Gasteiger partial charge is 0.281 e. The third-order valence-electron chi connectivity index (χ3n) is 4.37. The van der Waals surface area contributed by atoms with Crippen LogP contribution in [0, 0.1) is 0 Å². The molecule has 0 radical (unpaired) electrons. The van der Waals surface area contributed by atoms with E-state index in [2.05, 4.69) is 10.5 Å². The van der Waals surface area contributed by atoms with Gasteiger partial charge in [0.25, 0.3) is 5.91 Å². The van der Waals surface area contributed by atoms with Crippen molar-refractivity contribution in [2.24, 2.45) is 5.10 Å². The average Bonchev–Trinajstić information content (AvgIpc) is 3.07. The zero-order valence-corrected chi connectivity index (χ0v) is 15.2. The Hall–Kier alpha value is -2.18. The maximum absolute atomic E-state index is 12.2. The number of hydrogen-bond acceptors (Lipinski definition) is 5. The number of aryl methyl sites for hydroxylation is 2. The van der Waals surface area contributed by atoms with Gasteiger partial charge in [-0.15, -0.1) is 11.3 Å². The first-order valence-corrected chi connectivity index (χ1v) is 9.36. The zero-order valence-electron chi connectivity index (χ0n) is 14.4. The monoisotopic (exact) mass is 357 g/mol. The van der Waals surface area contributed by atoms with Gasteiger partial charge in [-0.05, 0) is 55.0 Å². The molecule has 1 amide bonds. The molecule has 3 rings (SSSR count). The van der Waals surface area contributed by atoms with Crippen LogP contribution in [0.25, 0.3) is 0 Å². The number of anilines is 1. The second-order valence-corrected chi connectivity index (χ2v) is 7.34. The molecular weight excluding hydrogens is 334 g/mol. The Morgan fingerprint density at radius 1 is 1.32 bits per heavy atom. The highest BCUT2D eigenvalue weighted by Gasteiger charge is 2.16. The first-order valence-electron chi connectivity index (χ1n) is 8.54. The summed E-state index contributed by atoms with van der Waals surface area (Å²) in [7, 11) is 1.93. The number of nitrogens with one attached hydrogen (secondary N) is 1. The quantitative estimate of drug-likeness (QED) is 0.617. The molecule has 25 heavy (non-hydrogen) atoms. The van der Waals surface area contributed by atoms with Gasteiger partial charge in [0.05, 0.1) is 17.7 Å². The number of rotatable bonds is 6. The molecule has 6 heteroatoms. The molecular formula is C19H23N3O2S. The molecule has 5 nitrogen and oxygen atoms in total. The average molecular weight is 357 g/mol. The summed E-state index contributed by atoms with van der Waals surface area (Å²) < 4.78 is 0. The lowest BCUT2D eigenvalue weighted by Gasteiger charge is -2.17. The lowest BCUT2D eigenvalue weighted by molar-refractivity contribution is 0.0959. The number of likely N-dealkylation sites (N-methyl/N-ethyl adjacent to an activating group) is 1. The summed E-state index contributed by atoms with van der Waals surface area (Å²) in [5.74, 6) is -0.144. The van der Waals surface area contributed by atoms with Gasteiger partial charge < -0.3 is 10.0 Å². The highest BCUT2D eigenvalue weighted by Crippen LogP contribution is 2.29. The van der Waals surface area contributed by atoms with Crippen molar-refractivity contribution in [3.63, 3.8) is 0 Å². The molecule has 0 saturated heterocycles. The molecule has 1 aliphatic rings. The van der Waals surface area contributed by atoms with Crippen molar-refractivity contribution in [3.05, 3.63) is 51.2 Å². The number of aliphatic hydroxyl groups is 1. The summed E-state index contributed by atoms with van der Waals surface area (Å²) in [5, 5.41) is 13.0. The van der Waals surface area contributed by atoms with Crippen molar-refractivity contribution < 1.29 is 9.90 Å². The normalized spacial score (nSPS) is 13.7. The van der Waals surface area contributed by atoms with Gasteiger partial charge in [0.15, 0.2) is 0 Å². The topological polar surface area (TPSA) is 64.9 Å². The summed E-state index contributed by atoms with van der Waals surface area (Å²) in [5.41, 5.74) is 5.87. The van der Waals surface area contributed by atoms with Crippen molar-refractivity contribution in [2.45, 2.75) is 25.7 Å². The van der Waals surface area contributed by atoms with E-state index >= 15 is 0 Å². The largest absolute Gasteiger partial charge is 0.395 e. The molecule has 1 aromatic heterocycles. The fourth-order valence-electron chi connectivity index (χ4n) is 2.92. The van der Waals surface area contributed by atoms with Crippen molar-refractivity contribution in [2.75, 3.05) is 25.1 Å². The Morgan fingerprint density at radius 3 is 2.80 bits per heavy atom. The SMILES string of the molecule is CN(CCO)c1ccc(/C=N\NC(=O)c2cc3c(s2)CCCC3)cc1. The summed E-state index contributed by atoms with van der Waals surface area (Å²) in [6.07, 6.45) is 6.25. The second-order valence-electron chi connectivity index (χ2n) is 6.20. The highest BCUT2D eigenvalue weighted by molar-refractivity contribution is 7.14. The van der Waals surface area contributed by atoms with Crippen LogP contribution < -0.4 is 10.3 Å². The third kappa shape index (κ3) is 4.46. The van der Waals surface area contributed by atoms with E-state index < -0.39 is 0 Å². The van der Waals surface area contributed by atoms with E-state index in [-0.39, 0.29) is 12.5 Å². The van der Waals surface area contributed by atoms with Crippen LogP contribution in [0.2, 0.25) is 0 Å². The minimum Gasteiger partial charge on any atom is -0.395 e. The molecule has 0 bridgehead atoms. The van der Waals surface area contributed by atoms with Crippen LogP contribution in [0.15, 0.2) is 35.4 Å². The van der Waals surface area contributed by atoms with Gasteiger partial charge in [0.2, 0.25) is 0 Å². The number of fused-ring (bicyclic) bond motifs is 1. The molecule has 2 N–H and O–H groups in total. The van der Waals surface area contributed by atoms with E-state index in [9.17, 15) is 4.79 Å². The summed E-state index contributed by atoms with van der Waals surface area (Å²) in [6, 6.07) is 9.81. The number of hydrazone groups is 1. The number of nitrogens with zero attached hydrogens (tertiary/aromatic N) is 2. The minimum atomic E-state index is -0.144. The fourth-order valence-corrected chi connectivity index (χ4v) is 4.06. The molecule has 1 aliphatic carbocycles. The van der Waals surface area contributed by atoms with Gasteiger partial charge >= 0.3 is 0 Å². The summed E-state index contributed by atoms with van der Waals surface area (Å²) in [6.45, 7) is 0.714. The van der Waals surface area contributed by atoms with Gasteiger partial charge in [0.1, 0.15) is 0 Å². The Kier molecular flexibility index (Phi) is 5.83. The number of thiophene rings is 1. The van der Waals surface area contributed by atoms with E-state index in [1.54, 1.807) is 17.6 Å². The number of carbonyl (C=O) groups excluding carboxylic acids is 1. The maximum atomic E-state index is 12.2. The predicted molar refractivity (Wildman–Crippen MR) is 103 cm³/mol. The van der Waals surface area contributed by atoms with E-state index in [4.69, 9.17) is 5.11 Å². The number of hydrogen-bond donors (Lipinski definition) is 2. The van der Waals surface area contributed by atoms with Crippen molar-refractivity contribution in [1.29, 1.82) is 0 Å². The molecule has 1 heterocycles. The van der Waals surface area contributed by atoms with Crippen LogP contribution in [-0.4, -0.2) is 37.4 Å². The van der Waals surface area contributed by atoms with Crippen LogP contribution in [0.5, 0.6) is 0 Å². The Bertz CT molecular complexity index is 729. The molecule has 132 valence electrons. The molecule has 0 spiro atoms. The zero-order chi connectivity index (χ0) is 17.6. The number of carbonyl (C=O) groups is 1. The number of aliphatic hydroxyl groups excluding tert-OH is 1. The standard InChI is InChI=1S/C19H23N3O2S/c1-22(10-11-23)16-8-6-14(7-9-16)13-20-21-19(24)18-12-15-4-2-3-5-17(15)25-18/h6-9,12-13,23H,2-5,10-11H2,1H3,(H,21,24)/b20-13-. The minimum absolute atomic E-state index is 0.123. The number of benzene rings is 1. The third-order valence-corrected chi connectivity index (χ3v) is 5.61. The summed E-state index contributed by atoms with van der Waals surface area (Å²) in [4.78, 5) is 16.3. The van der Waals surface area contributed by atoms with E-state index in [1.165, 1.54) is 23.3 Å². The van der Waals surface area contributed by atoms with Crippen LogP contribution in [0.3, 0.4) is 0 Å². The van der Waals surface area contributed by atoms with Gasteiger partial charge in [-0.2, -0.15) is 5.10 Å². The van der Waals surface area contributed by atoms with Crippen LogP contribution in [-0.2, 0) is 12.8 Å². The Labute approximate surface area is 152 Å². The second kappa shape index (κ2) is 8.27. The molecule has 1 aromatic carbocycles. The Morgan fingerprint density at radius 2 is 2.08 bits per heavy atom. The van der Waals surface area contributed by atoms with Gasteiger partial charge in [-0.25, -0.2) is 5.43 Å². The van der Waals surface area contributed by atoms with Crippen molar-refractivity contribution in [3.8, 4) is 0 Å². The van der Waals surface area contributed by atoms with Gasteiger partial charge in [0, 0.05) is 24.2 Å². The first kappa shape index (κ1) is 17.6. The summed E-state index contributed by atoms with van der Waals surface area (Å²) >= 11 is 1.59. The van der Waals surface area contributed by atoms with Crippen LogP contribution in [0.4, 0.5) is 5.69 Å². The van der Waals surface area contributed by atoms with E-state index in [1.807, 2.05) is 42.3 Å².